The van der Waals surface area contributed by atoms with E-state index in [0.717, 1.165) is 48.9 Å². The number of rotatable bonds is 9. The molecule has 0 spiro atoms. The maximum Gasteiger partial charge on any atom is 0.405 e. The molecule has 1 aliphatic carbocycles. The summed E-state index contributed by atoms with van der Waals surface area (Å²) >= 11 is 0. The number of alkyl halides is 3. The average molecular weight is 627 g/mol. The van der Waals surface area contributed by atoms with Gasteiger partial charge in [0.15, 0.2) is 5.78 Å². The van der Waals surface area contributed by atoms with Gasteiger partial charge in [0, 0.05) is 35.8 Å². The first-order valence-corrected chi connectivity index (χ1v) is 15.9. The number of carbonyl (C=O) groups is 2. The lowest BCUT2D eigenvalue weighted by Gasteiger charge is -2.38. The van der Waals surface area contributed by atoms with Crippen molar-refractivity contribution in [2.24, 2.45) is 5.73 Å². The van der Waals surface area contributed by atoms with E-state index in [1.807, 2.05) is 48.5 Å². The minimum atomic E-state index is -4.57. The number of pyridine rings is 1. The summed E-state index contributed by atoms with van der Waals surface area (Å²) < 4.78 is 40.0. The first-order chi connectivity index (χ1) is 22.2. The van der Waals surface area contributed by atoms with Gasteiger partial charge in [-0.2, -0.15) is 13.2 Å². The second kappa shape index (κ2) is 13.1. The summed E-state index contributed by atoms with van der Waals surface area (Å²) in [6, 6.07) is 20.5. The van der Waals surface area contributed by atoms with Crippen LogP contribution in [0.4, 0.5) is 18.9 Å². The number of carbonyl (C=O) groups excluding carboxylic acids is 2. The number of unbranched alkanes of at least 4 members (excludes halogenated alkanes) is 1. The fourth-order valence-electron chi connectivity index (χ4n) is 6.93. The SMILES string of the molecule is CCCCc1c(N2CCCCC2N)cc(C(=O)c2cnccc2-c2ccccc2)c2c1C(C(=O)NCC(F)(F)F)c1ccccc1-2. The molecule has 2 aliphatic rings. The van der Waals surface area contributed by atoms with E-state index in [4.69, 9.17) is 5.73 Å². The number of benzene rings is 3. The van der Waals surface area contributed by atoms with Crippen LogP contribution >= 0.6 is 0 Å². The molecule has 2 unspecified atom stereocenters. The average Bonchev–Trinajstić information content (AvgIpc) is 3.41. The summed E-state index contributed by atoms with van der Waals surface area (Å²) in [5.41, 5.74) is 13.1. The third kappa shape index (κ3) is 6.03. The minimum Gasteiger partial charge on any atom is -0.356 e. The van der Waals surface area contributed by atoms with Gasteiger partial charge < -0.3 is 16.0 Å². The molecule has 0 bridgehead atoms. The quantitative estimate of drug-likeness (QED) is 0.189. The lowest BCUT2D eigenvalue weighted by molar-refractivity contribution is -0.138. The molecular weight excluding hydrogens is 589 g/mol. The Hall–Kier alpha value is -4.50. The number of aromatic nitrogens is 1. The molecule has 1 amide bonds. The normalized spacial score (nSPS) is 17.4. The standard InChI is InChI=1S/C37H37F3N4O2/c1-2-3-13-27-30(44-19-10-9-16-31(44)41)20-28(35(45)29-21-42-18-17-24(29)23-11-5-4-6-12-23)32-25-14-7-8-15-26(25)34(33(27)32)36(46)43-22-37(38,39)40/h4-8,11-12,14-15,17-18,20-21,31,34H,2-3,9-10,13,16,19,22,41H2,1H3,(H,43,46). The highest BCUT2D eigenvalue weighted by Crippen LogP contribution is 2.52. The Morgan fingerprint density at radius 1 is 1.00 bits per heavy atom. The van der Waals surface area contributed by atoms with Crippen LogP contribution in [0.5, 0.6) is 0 Å². The zero-order valence-corrected chi connectivity index (χ0v) is 25.7. The molecule has 1 aromatic heterocycles. The zero-order chi connectivity index (χ0) is 32.4. The van der Waals surface area contributed by atoms with Gasteiger partial charge >= 0.3 is 6.18 Å². The Morgan fingerprint density at radius 3 is 2.50 bits per heavy atom. The van der Waals surface area contributed by atoms with Crippen molar-refractivity contribution >= 4 is 17.4 Å². The Morgan fingerprint density at radius 2 is 1.76 bits per heavy atom. The van der Waals surface area contributed by atoms with Crippen LogP contribution in [-0.4, -0.2) is 42.1 Å². The first kappa shape index (κ1) is 31.5. The number of piperidine rings is 1. The molecule has 0 saturated carbocycles. The monoisotopic (exact) mass is 626 g/mol. The summed E-state index contributed by atoms with van der Waals surface area (Å²) in [6.45, 7) is 1.30. The van der Waals surface area contributed by atoms with E-state index < -0.39 is 24.5 Å². The summed E-state index contributed by atoms with van der Waals surface area (Å²) in [5, 5.41) is 2.15. The molecule has 1 saturated heterocycles. The molecule has 2 heterocycles. The number of nitrogens with one attached hydrogen (secondary N) is 1. The van der Waals surface area contributed by atoms with Crippen molar-refractivity contribution in [1.29, 1.82) is 0 Å². The fourth-order valence-corrected chi connectivity index (χ4v) is 6.93. The number of nitrogens with zero attached hydrogens (tertiary/aromatic N) is 2. The summed E-state index contributed by atoms with van der Waals surface area (Å²) in [5.74, 6) is -2.04. The van der Waals surface area contributed by atoms with Gasteiger partial charge in [-0.05, 0) is 83.2 Å². The Balaban J connectivity index is 1.63. The van der Waals surface area contributed by atoms with Gasteiger partial charge in [-0.25, -0.2) is 0 Å². The van der Waals surface area contributed by atoms with Gasteiger partial charge in [0.25, 0.3) is 0 Å². The van der Waals surface area contributed by atoms with Crippen molar-refractivity contribution in [2.75, 3.05) is 18.0 Å². The summed E-state index contributed by atoms with van der Waals surface area (Å²) in [7, 11) is 0. The molecule has 3 aromatic carbocycles. The van der Waals surface area contributed by atoms with Gasteiger partial charge in [-0.3, -0.25) is 14.6 Å². The smallest absolute Gasteiger partial charge is 0.356 e. The van der Waals surface area contributed by atoms with E-state index in [0.29, 0.717) is 51.9 Å². The summed E-state index contributed by atoms with van der Waals surface area (Å²) in [6.07, 6.45) is 3.25. The van der Waals surface area contributed by atoms with Crippen LogP contribution in [0.1, 0.15) is 77.6 Å². The number of amides is 1. The maximum absolute atomic E-state index is 14.8. The highest BCUT2D eigenvalue weighted by Gasteiger charge is 2.41. The highest BCUT2D eigenvalue weighted by atomic mass is 19.4. The van der Waals surface area contributed by atoms with Crippen molar-refractivity contribution in [3.8, 4) is 22.3 Å². The Labute approximate surface area is 266 Å². The predicted molar refractivity (Wildman–Crippen MR) is 174 cm³/mol. The molecule has 1 aliphatic heterocycles. The van der Waals surface area contributed by atoms with Gasteiger partial charge in [0.05, 0.1) is 12.1 Å². The largest absolute Gasteiger partial charge is 0.405 e. The molecule has 4 aromatic rings. The molecule has 2 atom stereocenters. The van der Waals surface area contributed by atoms with Gasteiger partial charge in [-0.15, -0.1) is 0 Å². The van der Waals surface area contributed by atoms with Gasteiger partial charge in [0.2, 0.25) is 5.91 Å². The van der Waals surface area contributed by atoms with E-state index in [2.05, 4.69) is 22.1 Å². The number of hydrogen-bond acceptors (Lipinski definition) is 5. The van der Waals surface area contributed by atoms with Crippen molar-refractivity contribution < 1.29 is 22.8 Å². The molecule has 6 rings (SSSR count). The maximum atomic E-state index is 14.8. The first-order valence-electron chi connectivity index (χ1n) is 15.9. The van der Waals surface area contributed by atoms with Gasteiger partial charge in [-0.1, -0.05) is 67.9 Å². The number of hydrogen-bond donors (Lipinski definition) is 2. The van der Waals surface area contributed by atoms with Crippen molar-refractivity contribution in [3.63, 3.8) is 0 Å². The van der Waals surface area contributed by atoms with Gasteiger partial charge in [0.1, 0.15) is 6.54 Å². The second-order valence-electron chi connectivity index (χ2n) is 12.0. The topological polar surface area (TPSA) is 88.3 Å². The molecular formula is C37H37F3N4O2. The number of nitrogens with two attached hydrogens (primary N) is 1. The molecule has 0 radical (unpaired) electrons. The fraction of sp³-hybridized carbons (Fsp3) is 0.324. The predicted octanol–water partition coefficient (Wildman–Crippen LogP) is 7.39. The third-order valence-electron chi connectivity index (χ3n) is 9.04. The molecule has 6 nitrogen and oxygen atoms in total. The van der Waals surface area contributed by atoms with Crippen LogP contribution in [0.25, 0.3) is 22.3 Å². The van der Waals surface area contributed by atoms with Crippen LogP contribution in [0.2, 0.25) is 0 Å². The van der Waals surface area contributed by atoms with Crippen LogP contribution in [0.3, 0.4) is 0 Å². The van der Waals surface area contributed by atoms with Crippen LogP contribution in [0.15, 0.2) is 79.1 Å². The molecule has 9 heteroatoms. The Kier molecular flexibility index (Phi) is 8.95. The van der Waals surface area contributed by atoms with E-state index >= 15 is 0 Å². The number of anilines is 1. The number of fused-ring (bicyclic) bond motifs is 3. The minimum absolute atomic E-state index is 0.275. The molecule has 238 valence electrons. The van der Waals surface area contributed by atoms with Crippen LogP contribution < -0.4 is 16.0 Å². The summed E-state index contributed by atoms with van der Waals surface area (Å²) in [4.78, 5) is 35.1. The molecule has 1 fully saturated rings. The van der Waals surface area contributed by atoms with E-state index in [9.17, 15) is 22.8 Å². The third-order valence-corrected chi connectivity index (χ3v) is 9.04. The van der Waals surface area contributed by atoms with Crippen molar-refractivity contribution in [2.45, 2.75) is 63.7 Å². The van der Waals surface area contributed by atoms with E-state index in [-0.39, 0.29) is 11.9 Å². The van der Waals surface area contributed by atoms with Crippen LogP contribution in [-0.2, 0) is 11.2 Å². The highest BCUT2D eigenvalue weighted by molar-refractivity contribution is 6.18. The number of halogens is 3. The molecule has 46 heavy (non-hydrogen) atoms. The Bertz CT molecular complexity index is 1760. The van der Waals surface area contributed by atoms with Crippen molar-refractivity contribution in [3.05, 3.63) is 107 Å². The van der Waals surface area contributed by atoms with Crippen molar-refractivity contribution in [1.82, 2.24) is 10.3 Å². The molecule has 3 N–H and O–H groups in total. The zero-order valence-electron chi connectivity index (χ0n) is 25.7. The lowest BCUT2D eigenvalue weighted by atomic mass is 9.83. The van der Waals surface area contributed by atoms with Crippen LogP contribution in [0, 0.1) is 0 Å². The second-order valence-corrected chi connectivity index (χ2v) is 12.0. The van der Waals surface area contributed by atoms with E-state index in [1.54, 1.807) is 30.6 Å². The number of ketones is 1. The van der Waals surface area contributed by atoms with E-state index in [1.165, 1.54) is 0 Å². The lowest BCUT2D eigenvalue weighted by Crippen LogP contribution is -2.46.